The molecule has 0 aromatic heterocycles. The van der Waals surface area contributed by atoms with Crippen LogP contribution in [0.25, 0.3) is 0 Å². The molecule has 10 heavy (non-hydrogen) atoms. The van der Waals surface area contributed by atoms with Crippen LogP contribution in [0.3, 0.4) is 0 Å². The molecule has 2 aliphatic rings. The van der Waals surface area contributed by atoms with Gasteiger partial charge in [-0.05, 0) is 43.6 Å². The van der Waals surface area contributed by atoms with Crippen molar-refractivity contribution < 1.29 is 0 Å². The lowest BCUT2D eigenvalue weighted by Gasteiger charge is -2.07. The van der Waals surface area contributed by atoms with Crippen LogP contribution in [0.2, 0.25) is 0 Å². The van der Waals surface area contributed by atoms with Crippen LogP contribution in [0.4, 0.5) is 0 Å². The van der Waals surface area contributed by atoms with Crippen molar-refractivity contribution in [2.75, 3.05) is 0 Å². The maximum Gasteiger partial charge on any atom is -0.0159 e. The standard InChI is InChI=1S/C10H14/c1-2-3-9-6-8-4-5-10(9)7-8/h2-3,6,8,10H,4-5,7H2,1H3/t8?,10-/m0/s1. The molecule has 2 atom stereocenters. The van der Waals surface area contributed by atoms with Gasteiger partial charge >= 0.3 is 0 Å². The van der Waals surface area contributed by atoms with Crippen molar-refractivity contribution in [3.05, 3.63) is 23.8 Å². The van der Waals surface area contributed by atoms with E-state index in [9.17, 15) is 0 Å². The van der Waals surface area contributed by atoms with Crippen molar-refractivity contribution in [2.24, 2.45) is 11.8 Å². The molecule has 0 N–H and O–H groups in total. The third kappa shape index (κ3) is 0.828. The fourth-order valence-corrected chi connectivity index (χ4v) is 2.26. The Hall–Kier alpha value is -0.520. The Bertz CT molecular complexity index is 186. The molecule has 1 fully saturated rings. The van der Waals surface area contributed by atoms with E-state index in [2.05, 4.69) is 25.2 Å². The maximum atomic E-state index is 2.47. The third-order valence-corrected chi connectivity index (χ3v) is 2.73. The smallest absolute Gasteiger partial charge is 0.0159 e. The van der Waals surface area contributed by atoms with Crippen molar-refractivity contribution in [2.45, 2.75) is 26.2 Å². The number of hydrogen-bond acceptors (Lipinski definition) is 0. The minimum Gasteiger partial charge on any atom is -0.0874 e. The summed E-state index contributed by atoms with van der Waals surface area (Å²) in [5.41, 5.74) is 1.61. The highest BCUT2D eigenvalue weighted by atomic mass is 14.4. The van der Waals surface area contributed by atoms with Crippen LogP contribution in [0.5, 0.6) is 0 Å². The Morgan fingerprint density at radius 1 is 1.50 bits per heavy atom. The van der Waals surface area contributed by atoms with Gasteiger partial charge in [0.2, 0.25) is 0 Å². The molecule has 0 aromatic carbocycles. The number of hydrogen-bond donors (Lipinski definition) is 0. The van der Waals surface area contributed by atoms with Crippen molar-refractivity contribution in [1.29, 1.82) is 0 Å². The first-order valence-electron chi connectivity index (χ1n) is 4.24. The molecule has 2 bridgehead atoms. The minimum atomic E-state index is 0.932. The van der Waals surface area contributed by atoms with Crippen LogP contribution in [0.15, 0.2) is 23.8 Å². The minimum absolute atomic E-state index is 0.932. The topological polar surface area (TPSA) is 0 Å². The largest absolute Gasteiger partial charge is 0.0874 e. The van der Waals surface area contributed by atoms with Gasteiger partial charge in [0, 0.05) is 0 Å². The number of rotatable bonds is 1. The first kappa shape index (κ1) is 6.21. The van der Waals surface area contributed by atoms with Gasteiger partial charge in [0.25, 0.3) is 0 Å². The fraction of sp³-hybridized carbons (Fsp3) is 0.600. The van der Waals surface area contributed by atoms with Gasteiger partial charge in [-0.25, -0.2) is 0 Å². The SMILES string of the molecule is CC=CC1=CC2CC[C@H]1C2. The Kier molecular flexibility index (Phi) is 1.40. The zero-order valence-electron chi connectivity index (χ0n) is 6.51. The second-order valence-corrected chi connectivity index (χ2v) is 3.44. The predicted molar refractivity (Wildman–Crippen MR) is 43.7 cm³/mol. The summed E-state index contributed by atoms with van der Waals surface area (Å²) in [5, 5.41) is 0. The van der Waals surface area contributed by atoms with Crippen LogP contribution in [-0.4, -0.2) is 0 Å². The predicted octanol–water partition coefficient (Wildman–Crippen LogP) is 2.92. The molecule has 0 aliphatic heterocycles. The van der Waals surface area contributed by atoms with Gasteiger partial charge in [-0.3, -0.25) is 0 Å². The van der Waals surface area contributed by atoms with E-state index in [0.29, 0.717) is 0 Å². The number of fused-ring (bicyclic) bond motifs is 2. The number of allylic oxidation sites excluding steroid dienone is 4. The zero-order valence-corrected chi connectivity index (χ0v) is 6.51. The second kappa shape index (κ2) is 2.26. The summed E-state index contributed by atoms with van der Waals surface area (Å²) in [4.78, 5) is 0. The van der Waals surface area contributed by atoms with Crippen LogP contribution in [0, 0.1) is 11.8 Å². The molecule has 0 saturated heterocycles. The summed E-state index contributed by atoms with van der Waals surface area (Å²) in [7, 11) is 0. The second-order valence-electron chi connectivity index (χ2n) is 3.44. The quantitative estimate of drug-likeness (QED) is 0.517. The molecule has 1 saturated carbocycles. The third-order valence-electron chi connectivity index (χ3n) is 2.73. The fourth-order valence-electron chi connectivity index (χ4n) is 2.26. The van der Waals surface area contributed by atoms with Gasteiger partial charge in [0.05, 0.1) is 0 Å². The van der Waals surface area contributed by atoms with E-state index in [1.807, 2.05) is 0 Å². The van der Waals surface area contributed by atoms with E-state index in [-0.39, 0.29) is 0 Å². The van der Waals surface area contributed by atoms with E-state index in [4.69, 9.17) is 0 Å². The van der Waals surface area contributed by atoms with Gasteiger partial charge in [-0.1, -0.05) is 18.2 Å². The van der Waals surface area contributed by atoms with E-state index in [0.717, 1.165) is 11.8 Å². The van der Waals surface area contributed by atoms with E-state index < -0.39 is 0 Å². The van der Waals surface area contributed by atoms with Crippen molar-refractivity contribution >= 4 is 0 Å². The molecule has 1 unspecified atom stereocenters. The molecule has 54 valence electrons. The Balaban J connectivity index is 2.17. The molecule has 0 radical (unpaired) electrons. The van der Waals surface area contributed by atoms with Gasteiger partial charge in [-0.15, -0.1) is 0 Å². The van der Waals surface area contributed by atoms with Crippen LogP contribution < -0.4 is 0 Å². The van der Waals surface area contributed by atoms with Gasteiger partial charge in [-0.2, -0.15) is 0 Å². The van der Waals surface area contributed by atoms with Crippen molar-refractivity contribution in [3.8, 4) is 0 Å². The highest BCUT2D eigenvalue weighted by Gasteiger charge is 2.30. The monoisotopic (exact) mass is 134 g/mol. The first-order valence-corrected chi connectivity index (χ1v) is 4.24. The van der Waals surface area contributed by atoms with E-state index in [1.54, 1.807) is 5.57 Å². The molecule has 2 aliphatic carbocycles. The molecule has 0 amide bonds. The lowest BCUT2D eigenvalue weighted by atomic mass is 9.98. The average Bonchev–Trinajstić information content (AvgIpc) is 2.48. The summed E-state index contributed by atoms with van der Waals surface area (Å²) >= 11 is 0. The van der Waals surface area contributed by atoms with Crippen LogP contribution >= 0.6 is 0 Å². The van der Waals surface area contributed by atoms with Gasteiger partial charge < -0.3 is 0 Å². The molecule has 2 rings (SSSR count). The molecule has 0 aromatic rings. The lowest BCUT2D eigenvalue weighted by molar-refractivity contribution is 0.671. The zero-order chi connectivity index (χ0) is 6.97. The Labute approximate surface area is 62.6 Å². The lowest BCUT2D eigenvalue weighted by Crippen LogP contribution is -1.93. The summed E-state index contributed by atoms with van der Waals surface area (Å²) in [5.74, 6) is 1.87. The van der Waals surface area contributed by atoms with E-state index in [1.165, 1.54) is 19.3 Å². The van der Waals surface area contributed by atoms with Gasteiger partial charge in [0.15, 0.2) is 0 Å². The maximum absolute atomic E-state index is 2.47. The summed E-state index contributed by atoms with van der Waals surface area (Å²) in [6.45, 7) is 2.10. The highest BCUT2D eigenvalue weighted by molar-refractivity contribution is 5.29. The Morgan fingerprint density at radius 3 is 2.90 bits per heavy atom. The molecule has 0 heterocycles. The van der Waals surface area contributed by atoms with Crippen molar-refractivity contribution in [3.63, 3.8) is 0 Å². The molecular weight excluding hydrogens is 120 g/mol. The van der Waals surface area contributed by atoms with Crippen LogP contribution in [0.1, 0.15) is 26.2 Å². The molecule has 0 spiro atoms. The van der Waals surface area contributed by atoms with Gasteiger partial charge in [0.1, 0.15) is 0 Å². The van der Waals surface area contributed by atoms with E-state index >= 15 is 0 Å². The normalized spacial score (nSPS) is 37.5. The highest BCUT2D eigenvalue weighted by Crippen LogP contribution is 2.43. The average molecular weight is 134 g/mol. The summed E-state index contributed by atoms with van der Waals surface area (Å²) in [6.07, 6.45) is 11.2. The molecule has 0 heteroatoms. The Morgan fingerprint density at radius 2 is 2.40 bits per heavy atom. The summed E-state index contributed by atoms with van der Waals surface area (Å²) in [6, 6.07) is 0. The van der Waals surface area contributed by atoms with Crippen molar-refractivity contribution in [1.82, 2.24) is 0 Å². The summed E-state index contributed by atoms with van der Waals surface area (Å²) < 4.78 is 0. The van der Waals surface area contributed by atoms with Crippen LogP contribution in [-0.2, 0) is 0 Å². The molecule has 0 nitrogen and oxygen atoms in total. The first-order chi connectivity index (χ1) is 4.90. The molecular formula is C10H14.